The van der Waals surface area contributed by atoms with E-state index in [0.29, 0.717) is 10.9 Å². The average molecular weight is 484 g/mol. The van der Waals surface area contributed by atoms with Gasteiger partial charge in [0.05, 0.1) is 6.61 Å². The molecule has 2 aliphatic rings. The molecular formula is C21H24O13. The minimum Gasteiger partial charge on any atom is -0.479 e. The Bertz CT molecular complexity index is 1100. The van der Waals surface area contributed by atoms with Crippen LogP contribution in [0.2, 0.25) is 0 Å². The van der Waals surface area contributed by atoms with Crippen LogP contribution in [0.25, 0.3) is 11.0 Å². The number of fused-ring (bicyclic) bond motifs is 1. The number of hydrogen-bond donors (Lipinski definition) is 6. The van der Waals surface area contributed by atoms with Crippen molar-refractivity contribution in [3.63, 3.8) is 0 Å². The van der Waals surface area contributed by atoms with E-state index < -0.39 is 66.9 Å². The molecule has 0 amide bonds. The SMILES string of the molecule is Cc1cc(=O)oc2cc(O[C@@H]3OC[C@@H](O[C@@H]4O[C@H](C(=O)O)[C@@H](O)[C@H](O)[C@H]4O)[C@H](O)[C@H]3O)ccc12. The van der Waals surface area contributed by atoms with E-state index in [1.54, 1.807) is 19.1 Å². The zero-order valence-electron chi connectivity index (χ0n) is 17.8. The van der Waals surface area contributed by atoms with Crippen molar-refractivity contribution >= 4 is 16.9 Å². The summed E-state index contributed by atoms with van der Waals surface area (Å²) in [6.45, 7) is 1.38. The molecule has 186 valence electrons. The summed E-state index contributed by atoms with van der Waals surface area (Å²) < 4.78 is 26.5. The first-order valence-electron chi connectivity index (χ1n) is 10.3. The summed E-state index contributed by atoms with van der Waals surface area (Å²) in [5, 5.41) is 60.4. The third-order valence-electron chi connectivity index (χ3n) is 5.73. The van der Waals surface area contributed by atoms with Gasteiger partial charge in [0.2, 0.25) is 6.29 Å². The Morgan fingerprint density at radius 2 is 1.68 bits per heavy atom. The van der Waals surface area contributed by atoms with Crippen molar-refractivity contribution in [1.29, 1.82) is 0 Å². The summed E-state index contributed by atoms with van der Waals surface area (Å²) in [4.78, 5) is 22.8. The molecule has 4 rings (SSSR count). The molecule has 2 aliphatic heterocycles. The third-order valence-corrected chi connectivity index (χ3v) is 5.73. The lowest BCUT2D eigenvalue weighted by atomic mass is 9.98. The number of carboxylic acids is 1. The van der Waals surface area contributed by atoms with E-state index in [1.165, 1.54) is 12.1 Å². The van der Waals surface area contributed by atoms with Crippen molar-refractivity contribution in [2.45, 2.75) is 62.2 Å². The normalized spacial score (nSPS) is 36.4. The zero-order valence-corrected chi connectivity index (χ0v) is 17.8. The van der Waals surface area contributed by atoms with Gasteiger partial charge < -0.3 is 54.0 Å². The highest BCUT2D eigenvalue weighted by Crippen LogP contribution is 2.29. The van der Waals surface area contributed by atoms with E-state index in [2.05, 4.69) is 0 Å². The van der Waals surface area contributed by atoms with Crippen LogP contribution in [0, 0.1) is 6.92 Å². The van der Waals surface area contributed by atoms with Crippen LogP contribution in [-0.2, 0) is 19.0 Å². The second-order valence-corrected chi connectivity index (χ2v) is 8.12. The molecule has 34 heavy (non-hydrogen) atoms. The number of rotatable bonds is 5. The fraction of sp³-hybridized carbons (Fsp3) is 0.524. The lowest BCUT2D eigenvalue weighted by Crippen LogP contribution is -2.63. The minimum atomic E-state index is -1.90. The molecule has 0 spiro atoms. The van der Waals surface area contributed by atoms with Crippen LogP contribution < -0.4 is 10.4 Å². The van der Waals surface area contributed by atoms with Crippen molar-refractivity contribution in [2.75, 3.05) is 6.61 Å². The van der Waals surface area contributed by atoms with Gasteiger partial charge in [-0.2, -0.15) is 0 Å². The van der Waals surface area contributed by atoms with Gasteiger partial charge in [0.25, 0.3) is 0 Å². The highest BCUT2D eigenvalue weighted by atomic mass is 16.7. The molecule has 1 aromatic heterocycles. The van der Waals surface area contributed by atoms with Gasteiger partial charge in [-0.25, -0.2) is 9.59 Å². The fourth-order valence-corrected chi connectivity index (χ4v) is 3.84. The lowest BCUT2D eigenvalue weighted by molar-refractivity contribution is -0.333. The number of carbonyl (C=O) groups is 1. The first-order valence-corrected chi connectivity index (χ1v) is 10.3. The molecule has 13 nitrogen and oxygen atoms in total. The van der Waals surface area contributed by atoms with Gasteiger partial charge in [-0.15, -0.1) is 0 Å². The molecule has 2 fully saturated rings. The Kier molecular flexibility index (Phi) is 6.89. The Morgan fingerprint density at radius 1 is 0.971 bits per heavy atom. The summed E-state index contributed by atoms with van der Waals surface area (Å²) in [6.07, 6.45) is -15.2. The van der Waals surface area contributed by atoms with Crippen molar-refractivity contribution in [3.05, 3.63) is 40.2 Å². The van der Waals surface area contributed by atoms with E-state index in [9.17, 15) is 35.1 Å². The van der Waals surface area contributed by atoms with Crippen molar-refractivity contribution in [3.8, 4) is 5.75 Å². The molecule has 2 aromatic rings. The Labute approximate surface area is 191 Å². The Balaban J connectivity index is 1.43. The molecule has 3 heterocycles. The van der Waals surface area contributed by atoms with Gasteiger partial charge in [0.15, 0.2) is 12.4 Å². The zero-order chi connectivity index (χ0) is 24.7. The first kappa shape index (κ1) is 24.5. The maximum absolute atomic E-state index is 11.6. The van der Waals surface area contributed by atoms with Crippen LogP contribution in [0.3, 0.4) is 0 Å². The highest BCUT2D eigenvalue weighted by molar-refractivity contribution is 5.81. The van der Waals surface area contributed by atoms with Crippen LogP contribution >= 0.6 is 0 Å². The average Bonchev–Trinajstić information content (AvgIpc) is 2.78. The molecule has 9 atom stereocenters. The van der Waals surface area contributed by atoms with Gasteiger partial charge in [0, 0.05) is 17.5 Å². The molecule has 0 radical (unpaired) electrons. The number of ether oxygens (including phenoxy) is 4. The molecule has 0 saturated carbocycles. The molecule has 2 saturated heterocycles. The Morgan fingerprint density at radius 3 is 2.38 bits per heavy atom. The summed E-state index contributed by atoms with van der Waals surface area (Å²) in [5.74, 6) is -1.41. The fourth-order valence-electron chi connectivity index (χ4n) is 3.84. The quantitative estimate of drug-likeness (QED) is 0.250. The largest absolute Gasteiger partial charge is 0.479 e. The number of aliphatic carboxylic acids is 1. The third kappa shape index (κ3) is 4.64. The van der Waals surface area contributed by atoms with Gasteiger partial charge >= 0.3 is 11.6 Å². The van der Waals surface area contributed by atoms with Gasteiger partial charge in [0.1, 0.15) is 48.0 Å². The lowest BCUT2D eigenvalue weighted by Gasteiger charge is -2.42. The number of carboxylic acid groups (broad SMARTS) is 1. The number of aryl methyl sites for hydroxylation is 1. The molecule has 1 aromatic carbocycles. The van der Waals surface area contributed by atoms with Crippen LogP contribution in [0.1, 0.15) is 5.56 Å². The van der Waals surface area contributed by atoms with Crippen LogP contribution in [-0.4, -0.2) is 98.5 Å². The highest BCUT2D eigenvalue weighted by Gasteiger charge is 2.50. The van der Waals surface area contributed by atoms with Gasteiger partial charge in [-0.3, -0.25) is 0 Å². The maximum atomic E-state index is 11.6. The Hall–Kier alpha value is -2.62. The summed E-state index contributed by atoms with van der Waals surface area (Å²) >= 11 is 0. The second-order valence-electron chi connectivity index (χ2n) is 8.12. The predicted molar refractivity (Wildman–Crippen MR) is 109 cm³/mol. The summed E-state index contributed by atoms with van der Waals surface area (Å²) in [7, 11) is 0. The van der Waals surface area contributed by atoms with Crippen LogP contribution in [0.5, 0.6) is 5.75 Å². The van der Waals surface area contributed by atoms with Gasteiger partial charge in [-0.1, -0.05) is 0 Å². The first-order chi connectivity index (χ1) is 16.1. The minimum absolute atomic E-state index is 0.185. The van der Waals surface area contributed by atoms with Crippen molar-refractivity contribution in [1.82, 2.24) is 0 Å². The number of aliphatic hydroxyl groups is 5. The number of benzene rings is 1. The standard InChI is InChI=1S/C21H24O13/c1-7-4-12(22)32-10-5-8(2-3-9(7)10)31-20-16(26)13(23)11(6-30-20)33-21-17(27)14(24)15(25)18(34-21)19(28)29/h2-5,11,13-18,20-21,23-27H,6H2,1H3,(H,28,29)/t11-,13+,14+,15+,16-,17-,18+,20+,21-/m1/s1. The molecule has 0 bridgehead atoms. The van der Waals surface area contributed by atoms with Crippen LogP contribution in [0.15, 0.2) is 33.5 Å². The number of aliphatic hydroxyl groups excluding tert-OH is 5. The maximum Gasteiger partial charge on any atom is 0.336 e. The van der Waals surface area contributed by atoms with E-state index >= 15 is 0 Å². The van der Waals surface area contributed by atoms with Crippen molar-refractivity contribution < 1.29 is 58.8 Å². The van der Waals surface area contributed by atoms with E-state index in [4.69, 9.17) is 28.5 Å². The summed E-state index contributed by atoms with van der Waals surface area (Å²) in [5.41, 5.74) is 0.421. The number of hydrogen-bond acceptors (Lipinski definition) is 12. The molecule has 0 unspecified atom stereocenters. The van der Waals surface area contributed by atoms with E-state index in [-0.39, 0.29) is 17.9 Å². The van der Waals surface area contributed by atoms with Crippen molar-refractivity contribution in [2.24, 2.45) is 0 Å². The van der Waals surface area contributed by atoms with Gasteiger partial charge in [-0.05, 0) is 24.6 Å². The summed E-state index contributed by atoms with van der Waals surface area (Å²) in [6, 6.07) is 5.99. The molecule has 6 N–H and O–H groups in total. The predicted octanol–water partition coefficient (Wildman–Crippen LogP) is -2.16. The molecule has 0 aliphatic carbocycles. The van der Waals surface area contributed by atoms with Crippen LogP contribution in [0.4, 0.5) is 0 Å². The molecule has 13 heteroatoms. The second kappa shape index (κ2) is 9.56. The molecular weight excluding hydrogens is 460 g/mol. The monoisotopic (exact) mass is 484 g/mol. The van der Waals surface area contributed by atoms with E-state index in [0.717, 1.165) is 0 Å². The smallest absolute Gasteiger partial charge is 0.336 e. The van der Waals surface area contributed by atoms with E-state index in [1.807, 2.05) is 0 Å². The topological polar surface area (TPSA) is 206 Å².